The number of benzene rings is 2. The molecule has 2 fully saturated rings. The molecule has 1 aromatic heterocycles. The van der Waals surface area contributed by atoms with Gasteiger partial charge in [0.05, 0.1) is 5.02 Å². The van der Waals surface area contributed by atoms with Crippen molar-refractivity contribution in [3.63, 3.8) is 0 Å². The van der Waals surface area contributed by atoms with Crippen LogP contribution < -0.4 is 20.1 Å². The highest BCUT2D eigenvalue weighted by molar-refractivity contribution is 7.89. The fraction of sp³-hybridized carbons (Fsp3) is 0.548. The minimum absolute atomic E-state index is 0.0218. The zero-order valence-corrected chi connectivity index (χ0v) is 39.6. The lowest BCUT2D eigenvalue weighted by atomic mass is 9.92. The van der Waals surface area contributed by atoms with E-state index in [1.54, 1.807) is 0 Å². The van der Waals surface area contributed by atoms with Crippen molar-refractivity contribution in [2.45, 2.75) is 107 Å². The predicted molar refractivity (Wildman–Crippen MR) is 235 cm³/mol. The number of aromatic nitrogens is 1. The predicted octanol–water partition coefficient (Wildman–Crippen LogP) is 8.45. The number of hydrogen-bond acceptors (Lipinski definition) is 10. The number of carboxylic acid groups (broad SMARTS) is 3. The SMILES string of the molecule is CNCCCCCNCC1CCN(C(=O)C2(NS(=O)(=O)c3ccc(Cl)c(COc4cccc5c(C)cc(C)nc45)c3Cl)CCCC2)CC1.O=C(O)C(F)(F)F.O=C(O)C(F)(F)F.O=C(O)C(F)(F)F. The summed E-state index contributed by atoms with van der Waals surface area (Å²) in [7, 11) is -2.21. The molecular weight excluding hydrogens is 1010 g/mol. The number of likely N-dealkylation sites (tertiary alicyclic amines) is 1. The van der Waals surface area contributed by atoms with Crippen LogP contribution in [0.2, 0.25) is 10.0 Å². The lowest BCUT2D eigenvalue weighted by molar-refractivity contribution is -0.193. The van der Waals surface area contributed by atoms with Crippen LogP contribution in [0.25, 0.3) is 10.9 Å². The number of alkyl halides is 9. The van der Waals surface area contributed by atoms with Gasteiger partial charge < -0.3 is 35.6 Å². The second-order valence-corrected chi connectivity index (χ2v) is 18.2. The minimum Gasteiger partial charge on any atom is -0.487 e. The number of fused-ring (bicyclic) bond motifs is 1. The number of para-hydroxylation sites is 1. The Labute approximate surface area is 401 Å². The number of sulfonamides is 1. The summed E-state index contributed by atoms with van der Waals surface area (Å²) in [4.78, 5) is 47.1. The molecule has 0 radical (unpaired) electrons. The Morgan fingerprint density at radius 2 is 1.35 bits per heavy atom. The van der Waals surface area contributed by atoms with Crippen molar-refractivity contribution in [1.29, 1.82) is 0 Å². The van der Waals surface area contributed by atoms with Gasteiger partial charge in [-0.1, -0.05) is 54.6 Å². The Morgan fingerprint density at radius 1 is 0.826 bits per heavy atom. The van der Waals surface area contributed by atoms with E-state index in [-0.39, 0.29) is 27.5 Å². The number of rotatable bonds is 15. The van der Waals surface area contributed by atoms with Crippen molar-refractivity contribution in [2.24, 2.45) is 5.92 Å². The fourth-order valence-electron chi connectivity index (χ4n) is 7.07. The van der Waals surface area contributed by atoms with Gasteiger partial charge in [-0.2, -0.15) is 44.2 Å². The number of carboxylic acids is 3. The number of hydrogen-bond donors (Lipinski definition) is 6. The van der Waals surface area contributed by atoms with Gasteiger partial charge in [0.1, 0.15) is 28.3 Å². The van der Waals surface area contributed by atoms with Crippen molar-refractivity contribution in [1.82, 2.24) is 25.2 Å². The number of halogens is 11. The van der Waals surface area contributed by atoms with Crippen molar-refractivity contribution >= 4 is 67.9 Å². The van der Waals surface area contributed by atoms with Crippen LogP contribution in [0.4, 0.5) is 39.5 Å². The van der Waals surface area contributed by atoms with E-state index in [9.17, 15) is 52.7 Å². The quantitative estimate of drug-likeness (QED) is 0.0622. The van der Waals surface area contributed by atoms with Crippen LogP contribution in [-0.4, -0.2) is 121 Å². The summed E-state index contributed by atoms with van der Waals surface area (Å²) in [6.45, 7) is 8.15. The normalized spacial score (nSPS) is 15.2. The van der Waals surface area contributed by atoms with E-state index in [1.165, 1.54) is 25.0 Å². The summed E-state index contributed by atoms with van der Waals surface area (Å²) in [5, 5.41) is 29.4. The molecule has 27 heteroatoms. The number of nitrogens with zero attached hydrogens (tertiary/aromatic N) is 2. The molecule has 15 nitrogen and oxygen atoms in total. The molecule has 3 aromatic rings. The number of aryl methyl sites for hydroxylation is 2. The number of pyridine rings is 1. The monoisotopic (exact) mass is 1060 g/mol. The van der Waals surface area contributed by atoms with E-state index >= 15 is 0 Å². The minimum atomic E-state index is -5.08. The maximum absolute atomic E-state index is 14.0. The van der Waals surface area contributed by atoms with Gasteiger partial charge in [0, 0.05) is 34.8 Å². The number of amides is 1. The summed E-state index contributed by atoms with van der Waals surface area (Å²) >= 11 is 13.3. The highest BCUT2D eigenvalue weighted by Gasteiger charge is 2.47. The first kappa shape index (κ1) is 60.4. The Kier molecular flexibility index (Phi) is 23.2. The molecule has 2 aliphatic rings. The van der Waals surface area contributed by atoms with Crippen LogP contribution in [0.1, 0.15) is 74.6 Å². The van der Waals surface area contributed by atoms with E-state index < -0.39 is 52.0 Å². The number of piperidine rings is 1. The fourth-order valence-corrected chi connectivity index (χ4v) is 9.37. The van der Waals surface area contributed by atoms with Gasteiger partial charge in [-0.05, 0) is 115 Å². The van der Waals surface area contributed by atoms with Crippen molar-refractivity contribution in [2.75, 3.05) is 39.8 Å². The van der Waals surface area contributed by atoms with E-state index in [0.717, 1.165) is 68.4 Å². The zero-order valence-electron chi connectivity index (χ0n) is 37.3. The molecular formula is C42H52Cl2F9N5O10S. The first-order valence-electron chi connectivity index (χ1n) is 20.9. The van der Waals surface area contributed by atoms with E-state index in [1.807, 2.05) is 50.1 Å². The molecule has 1 aliphatic heterocycles. The average molecular weight is 1060 g/mol. The topological polar surface area (TPSA) is 225 Å². The molecule has 69 heavy (non-hydrogen) atoms. The van der Waals surface area contributed by atoms with Gasteiger partial charge in [0.15, 0.2) is 0 Å². The van der Waals surface area contributed by atoms with Gasteiger partial charge in [-0.25, -0.2) is 27.8 Å². The Hall–Kier alpha value is -4.69. The first-order valence-corrected chi connectivity index (χ1v) is 23.2. The lowest BCUT2D eigenvalue weighted by Gasteiger charge is -2.38. The number of carbonyl (C=O) groups is 4. The van der Waals surface area contributed by atoms with Gasteiger partial charge in [0.2, 0.25) is 15.9 Å². The van der Waals surface area contributed by atoms with E-state index in [0.29, 0.717) is 48.7 Å². The van der Waals surface area contributed by atoms with Gasteiger partial charge >= 0.3 is 36.4 Å². The summed E-state index contributed by atoms with van der Waals surface area (Å²) in [6.07, 6.45) is -7.44. The first-order chi connectivity index (χ1) is 31.9. The molecule has 2 aromatic carbocycles. The molecule has 2 heterocycles. The summed E-state index contributed by atoms with van der Waals surface area (Å²) < 4.78 is 132. The number of unbranched alkanes of at least 4 members (excludes halogenated alkanes) is 2. The van der Waals surface area contributed by atoms with Gasteiger partial charge in [-0.3, -0.25) is 4.79 Å². The standard InChI is InChI=1S/C36H49Cl2N5O4S.3C2HF3O2/c1-25-22-26(2)41-34-28(25)10-9-11-31(34)47-24-29-30(37)12-13-32(33(29)38)48(45,46)42-36(16-5-6-17-36)35(44)43-20-14-27(15-21-43)23-40-19-8-4-7-18-39-3;3*3-2(4,5)1(6)7/h9-13,22,27,39-40,42H,4-8,14-21,23-24H2,1-3H3;3*(H,6,7). The van der Waals surface area contributed by atoms with Crippen LogP contribution in [-0.2, 0) is 35.8 Å². The lowest BCUT2D eigenvalue weighted by Crippen LogP contribution is -2.59. The molecule has 0 unspecified atom stereocenters. The average Bonchev–Trinajstić information content (AvgIpc) is 3.71. The van der Waals surface area contributed by atoms with Gasteiger partial charge in [-0.15, -0.1) is 0 Å². The largest absolute Gasteiger partial charge is 0.490 e. The summed E-state index contributed by atoms with van der Waals surface area (Å²) in [6, 6.07) is 10.6. The molecule has 1 aliphatic carbocycles. The second-order valence-electron chi connectivity index (χ2n) is 15.8. The maximum atomic E-state index is 14.0. The molecule has 388 valence electrons. The van der Waals surface area contributed by atoms with E-state index in [2.05, 4.69) is 20.3 Å². The van der Waals surface area contributed by atoms with Crippen LogP contribution >= 0.6 is 23.2 Å². The second kappa shape index (κ2) is 26.5. The van der Waals surface area contributed by atoms with Crippen molar-refractivity contribution in [3.8, 4) is 5.75 Å². The molecule has 6 N–H and O–H groups in total. The van der Waals surface area contributed by atoms with Gasteiger partial charge in [0.25, 0.3) is 0 Å². The van der Waals surface area contributed by atoms with Crippen LogP contribution in [0.3, 0.4) is 0 Å². The Bertz CT molecular complexity index is 2270. The molecule has 0 bridgehead atoms. The Balaban J connectivity index is 0.000000646. The molecule has 1 amide bonds. The van der Waals surface area contributed by atoms with Crippen LogP contribution in [0, 0.1) is 19.8 Å². The third-order valence-corrected chi connectivity index (χ3v) is 13.0. The molecule has 1 saturated carbocycles. The van der Waals surface area contributed by atoms with Crippen LogP contribution in [0.5, 0.6) is 5.75 Å². The molecule has 1 saturated heterocycles. The molecule has 5 rings (SSSR count). The zero-order chi connectivity index (χ0) is 52.5. The molecule has 0 spiro atoms. The third kappa shape index (κ3) is 19.2. The third-order valence-electron chi connectivity index (χ3n) is 10.5. The number of nitrogens with one attached hydrogen (secondary N) is 3. The summed E-state index contributed by atoms with van der Waals surface area (Å²) in [5.74, 6) is -7.35. The van der Waals surface area contributed by atoms with Crippen LogP contribution in [0.15, 0.2) is 41.3 Å². The highest BCUT2D eigenvalue weighted by Crippen LogP contribution is 2.38. The highest BCUT2D eigenvalue weighted by atomic mass is 35.5. The number of aliphatic carboxylic acids is 3. The summed E-state index contributed by atoms with van der Waals surface area (Å²) in [5.41, 5.74) is 1.82. The van der Waals surface area contributed by atoms with Crippen molar-refractivity contribution in [3.05, 3.63) is 63.3 Å². The smallest absolute Gasteiger partial charge is 0.487 e. The number of carbonyl (C=O) groups excluding carboxylic acids is 1. The van der Waals surface area contributed by atoms with E-state index in [4.69, 9.17) is 57.6 Å². The molecule has 0 atom stereocenters. The number of ether oxygens (including phenoxy) is 1. The Morgan fingerprint density at radius 3 is 1.86 bits per heavy atom. The van der Waals surface area contributed by atoms with Crippen molar-refractivity contribution < 1.29 is 87.2 Å². The maximum Gasteiger partial charge on any atom is 0.490 e.